The Morgan fingerprint density at radius 3 is 2.56 bits per heavy atom. The van der Waals surface area contributed by atoms with Crippen molar-refractivity contribution >= 4 is 11.6 Å². The molecule has 1 aliphatic rings. The number of nitrogens with one attached hydrogen (secondary N) is 1. The van der Waals surface area contributed by atoms with Crippen molar-refractivity contribution in [1.82, 2.24) is 5.32 Å². The van der Waals surface area contributed by atoms with E-state index in [1.54, 1.807) is 0 Å². The fourth-order valence-electron chi connectivity index (χ4n) is 2.03. The Hall–Kier alpha value is -1.35. The van der Waals surface area contributed by atoms with Gasteiger partial charge in [0, 0.05) is 18.3 Å². The molecule has 0 bridgehead atoms. The van der Waals surface area contributed by atoms with Crippen molar-refractivity contribution in [2.45, 2.75) is 32.4 Å². The molecule has 1 aromatic rings. The molecular formula is C13H18N2O. The van der Waals surface area contributed by atoms with E-state index >= 15 is 0 Å². The van der Waals surface area contributed by atoms with Crippen LogP contribution in [0.2, 0.25) is 0 Å². The van der Waals surface area contributed by atoms with Crippen LogP contribution in [0, 0.1) is 0 Å². The molecule has 1 saturated heterocycles. The van der Waals surface area contributed by atoms with Gasteiger partial charge < -0.3 is 10.2 Å². The number of nitrogens with zero attached hydrogens (tertiary/aromatic N) is 1. The van der Waals surface area contributed by atoms with Gasteiger partial charge in [-0.2, -0.15) is 0 Å². The van der Waals surface area contributed by atoms with Gasteiger partial charge in [0.25, 0.3) is 0 Å². The van der Waals surface area contributed by atoms with Crippen LogP contribution >= 0.6 is 0 Å². The van der Waals surface area contributed by atoms with Crippen molar-refractivity contribution in [3.63, 3.8) is 0 Å². The van der Waals surface area contributed by atoms with Crippen LogP contribution in [0.5, 0.6) is 0 Å². The highest BCUT2D eigenvalue weighted by Gasteiger charge is 2.39. The lowest BCUT2D eigenvalue weighted by atomic mass is 9.97. The lowest BCUT2D eigenvalue weighted by Crippen LogP contribution is -2.64. The summed E-state index contributed by atoms with van der Waals surface area (Å²) < 4.78 is 0. The average molecular weight is 218 g/mol. The van der Waals surface area contributed by atoms with Gasteiger partial charge in [0.2, 0.25) is 5.91 Å². The second-order valence-corrected chi connectivity index (χ2v) is 4.87. The summed E-state index contributed by atoms with van der Waals surface area (Å²) >= 11 is 0. The second kappa shape index (κ2) is 3.91. The first kappa shape index (κ1) is 11.1. The van der Waals surface area contributed by atoms with Gasteiger partial charge >= 0.3 is 0 Å². The summed E-state index contributed by atoms with van der Waals surface area (Å²) in [5, 5.41) is 3.27. The molecule has 3 heteroatoms. The third-order valence-corrected chi connectivity index (χ3v) is 3.07. The fourth-order valence-corrected chi connectivity index (χ4v) is 2.03. The Labute approximate surface area is 96.5 Å². The summed E-state index contributed by atoms with van der Waals surface area (Å²) in [7, 11) is 0. The topological polar surface area (TPSA) is 32.3 Å². The zero-order valence-corrected chi connectivity index (χ0v) is 10.0. The summed E-state index contributed by atoms with van der Waals surface area (Å²) in [6, 6.07) is 10.1. The molecule has 1 heterocycles. The second-order valence-electron chi connectivity index (χ2n) is 4.87. The Morgan fingerprint density at radius 1 is 1.31 bits per heavy atom. The summed E-state index contributed by atoms with van der Waals surface area (Å²) in [4.78, 5) is 14.2. The first-order valence-corrected chi connectivity index (χ1v) is 5.66. The lowest BCUT2D eigenvalue weighted by Gasteiger charge is -2.42. The molecule has 1 aromatic carbocycles. The molecule has 3 nitrogen and oxygen atoms in total. The van der Waals surface area contributed by atoms with E-state index in [4.69, 9.17) is 0 Å². The van der Waals surface area contributed by atoms with Gasteiger partial charge in [0.1, 0.15) is 0 Å². The molecule has 0 spiro atoms. The molecule has 0 radical (unpaired) electrons. The third kappa shape index (κ3) is 1.83. The zero-order chi connectivity index (χ0) is 11.8. The number of carbonyl (C=O) groups excluding carboxylic acids is 1. The Morgan fingerprint density at radius 2 is 1.94 bits per heavy atom. The van der Waals surface area contributed by atoms with Crippen LogP contribution in [-0.4, -0.2) is 24.0 Å². The van der Waals surface area contributed by atoms with Gasteiger partial charge in [0.15, 0.2) is 0 Å². The van der Waals surface area contributed by atoms with Crippen LogP contribution in [-0.2, 0) is 4.79 Å². The highest BCUT2D eigenvalue weighted by atomic mass is 16.2. The Kier molecular flexibility index (Phi) is 2.72. The van der Waals surface area contributed by atoms with Gasteiger partial charge in [-0.3, -0.25) is 4.79 Å². The standard InChI is InChI=1S/C13H18N2O/c1-10-9-14-13(2,3)12(16)15(10)11-7-5-4-6-8-11/h4-8,10,14H,9H2,1-3H3. The molecule has 1 N–H and O–H groups in total. The molecule has 0 aromatic heterocycles. The molecule has 0 saturated carbocycles. The van der Waals surface area contributed by atoms with Crippen molar-refractivity contribution < 1.29 is 4.79 Å². The first-order valence-electron chi connectivity index (χ1n) is 5.66. The van der Waals surface area contributed by atoms with E-state index in [-0.39, 0.29) is 11.9 Å². The molecule has 0 aliphatic carbocycles. The van der Waals surface area contributed by atoms with Gasteiger partial charge in [-0.25, -0.2) is 0 Å². The van der Waals surface area contributed by atoms with E-state index in [0.717, 1.165) is 12.2 Å². The first-order chi connectivity index (χ1) is 7.52. The predicted octanol–water partition coefficient (Wildman–Crippen LogP) is 1.79. The molecule has 1 atom stereocenters. The molecular weight excluding hydrogens is 200 g/mol. The number of para-hydroxylation sites is 1. The maximum absolute atomic E-state index is 12.3. The fraction of sp³-hybridized carbons (Fsp3) is 0.462. The minimum Gasteiger partial charge on any atom is -0.307 e. The maximum Gasteiger partial charge on any atom is 0.247 e. The van der Waals surface area contributed by atoms with Crippen LogP contribution in [0.1, 0.15) is 20.8 Å². The van der Waals surface area contributed by atoms with Crippen molar-refractivity contribution in [2.75, 3.05) is 11.4 Å². The molecule has 1 fully saturated rings. The molecule has 1 aliphatic heterocycles. The van der Waals surface area contributed by atoms with Gasteiger partial charge in [0.05, 0.1) is 5.54 Å². The van der Waals surface area contributed by atoms with E-state index < -0.39 is 5.54 Å². The number of anilines is 1. The average Bonchev–Trinajstić information content (AvgIpc) is 2.27. The number of hydrogen-bond donors (Lipinski definition) is 1. The Balaban J connectivity index is 2.35. The molecule has 16 heavy (non-hydrogen) atoms. The van der Waals surface area contributed by atoms with Crippen molar-refractivity contribution in [2.24, 2.45) is 0 Å². The molecule has 86 valence electrons. The van der Waals surface area contributed by atoms with Crippen LogP contribution in [0.4, 0.5) is 5.69 Å². The lowest BCUT2D eigenvalue weighted by molar-refractivity contribution is -0.125. The minimum atomic E-state index is -0.470. The number of piperazine rings is 1. The highest BCUT2D eigenvalue weighted by Crippen LogP contribution is 2.24. The van der Waals surface area contributed by atoms with Gasteiger partial charge in [-0.15, -0.1) is 0 Å². The molecule has 1 amide bonds. The summed E-state index contributed by atoms with van der Waals surface area (Å²) in [5.74, 6) is 0.137. The number of hydrogen-bond acceptors (Lipinski definition) is 2. The zero-order valence-electron chi connectivity index (χ0n) is 10.0. The van der Waals surface area contributed by atoms with Gasteiger partial charge in [-0.05, 0) is 32.9 Å². The van der Waals surface area contributed by atoms with E-state index in [1.807, 2.05) is 49.1 Å². The maximum atomic E-state index is 12.3. The van der Waals surface area contributed by atoms with Crippen LogP contribution in [0.3, 0.4) is 0 Å². The molecule has 1 unspecified atom stereocenters. The van der Waals surface area contributed by atoms with Crippen molar-refractivity contribution in [1.29, 1.82) is 0 Å². The highest BCUT2D eigenvalue weighted by molar-refractivity contribution is 6.01. The molecule has 2 rings (SSSR count). The van der Waals surface area contributed by atoms with Crippen molar-refractivity contribution in [3.8, 4) is 0 Å². The van der Waals surface area contributed by atoms with E-state index in [0.29, 0.717) is 0 Å². The number of carbonyl (C=O) groups is 1. The quantitative estimate of drug-likeness (QED) is 0.779. The van der Waals surface area contributed by atoms with Crippen LogP contribution in [0.15, 0.2) is 30.3 Å². The van der Waals surface area contributed by atoms with Crippen LogP contribution < -0.4 is 10.2 Å². The number of rotatable bonds is 1. The van der Waals surface area contributed by atoms with Gasteiger partial charge in [-0.1, -0.05) is 18.2 Å². The van der Waals surface area contributed by atoms with E-state index in [9.17, 15) is 4.79 Å². The number of benzene rings is 1. The monoisotopic (exact) mass is 218 g/mol. The summed E-state index contributed by atoms with van der Waals surface area (Å²) in [6.07, 6.45) is 0. The number of amides is 1. The van der Waals surface area contributed by atoms with Crippen molar-refractivity contribution in [3.05, 3.63) is 30.3 Å². The smallest absolute Gasteiger partial charge is 0.247 e. The predicted molar refractivity (Wildman–Crippen MR) is 65.5 cm³/mol. The normalized spacial score (nSPS) is 24.6. The van der Waals surface area contributed by atoms with E-state index in [1.165, 1.54) is 0 Å². The third-order valence-electron chi connectivity index (χ3n) is 3.07. The Bertz CT molecular complexity index is 386. The SMILES string of the molecule is CC1CNC(C)(C)C(=O)N1c1ccccc1. The minimum absolute atomic E-state index is 0.137. The summed E-state index contributed by atoms with van der Waals surface area (Å²) in [5.41, 5.74) is 0.511. The largest absolute Gasteiger partial charge is 0.307 e. The van der Waals surface area contributed by atoms with E-state index in [2.05, 4.69) is 12.2 Å². The summed E-state index contributed by atoms with van der Waals surface area (Å²) in [6.45, 7) is 6.75. The van der Waals surface area contributed by atoms with Crippen LogP contribution in [0.25, 0.3) is 0 Å².